The molecule has 6 heteroatoms. The van der Waals surface area contributed by atoms with Crippen LogP contribution in [0.2, 0.25) is 0 Å². The third-order valence-corrected chi connectivity index (χ3v) is 4.55. The average molecular weight is 281 g/mol. The Hall–Kier alpha value is -2.34. The van der Waals surface area contributed by atoms with Gasteiger partial charge in [0.2, 0.25) is 5.95 Å². The molecule has 3 N–H and O–H groups in total. The van der Waals surface area contributed by atoms with Gasteiger partial charge in [0.1, 0.15) is 11.1 Å². The molecular weight excluding hydrogens is 266 g/mol. The van der Waals surface area contributed by atoms with Crippen LogP contribution in [0.5, 0.6) is 0 Å². The Labute approximate surface area is 120 Å². The number of anilines is 2. The molecule has 0 spiro atoms. The number of fused-ring (bicyclic) bond motifs is 5. The predicted molar refractivity (Wildman–Crippen MR) is 81.3 cm³/mol. The van der Waals surface area contributed by atoms with E-state index in [9.17, 15) is 0 Å². The minimum atomic E-state index is 0.305. The number of para-hydroxylation sites is 1. The normalized spacial score (nSPS) is 24.5. The fraction of sp³-hybridized carbons (Fsp3) is 0.333. The summed E-state index contributed by atoms with van der Waals surface area (Å²) in [4.78, 5) is 11.2. The van der Waals surface area contributed by atoms with E-state index in [1.165, 1.54) is 0 Å². The molecule has 0 aliphatic carbocycles. The lowest BCUT2D eigenvalue weighted by Gasteiger charge is -2.28. The summed E-state index contributed by atoms with van der Waals surface area (Å²) in [7, 11) is 0. The first-order chi connectivity index (χ1) is 10.3. The summed E-state index contributed by atoms with van der Waals surface area (Å²) in [6.07, 6.45) is 1.16. The molecule has 2 bridgehead atoms. The third-order valence-electron chi connectivity index (χ3n) is 4.55. The second-order valence-corrected chi connectivity index (χ2v) is 5.83. The van der Waals surface area contributed by atoms with E-state index in [1.54, 1.807) is 0 Å². The van der Waals surface area contributed by atoms with Crippen molar-refractivity contribution in [1.29, 1.82) is 0 Å². The molecule has 0 amide bonds. The van der Waals surface area contributed by atoms with Crippen molar-refractivity contribution >= 4 is 33.8 Å². The summed E-state index contributed by atoms with van der Waals surface area (Å²) in [6, 6.07) is 8.93. The molecule has 2 atom stereocenters. The van der Waals surface area contributed by atoms with Gasteiger partial charge in [0, 0.05) is 30.6 Å². The monoisotopic (exact) mass is 281 g/mol. The number of piperazine rings is 1. The molecule has 3 aromatic rings. The number of nitrogens with zero attached hydrogens (tertiary/aromatic N) is 3. The molecule has 2 fully saturated rings. The van der Waals surface area contributed by atoms with Gasteiger partial charge < -0.3 is 20.4 Å². The van der Waals surface area contributed by atoms with Gasteiger partial charge in [-0.1, -0.05) is 12.1 Å². The first kappa shape index (κ1) is 11.3. The molecule has 0 unspecified atom stereocenters. The van der Waals surface area contributed by atoms with Crippen LogP contribution >= 0.6 is 0 Å². The smallest absolute Gasteiger partial charge is 0.222 e. The Kier molecular flexibility index (Phi) is 2.08. The lowest BCUT2D eigenvalue weighted by Crippen LogP contribution is -2.44. The molecule has 5 rings (SSSR count). The van der Waals surface area contributed by atoms with Crippen molar-refractivity contribution in [2.45, 2.75) is 18.5 Å². The SMILES string of the molecule is Nc1nc(N2C[C@@H]3C[C@@H]2CN3)c2oc3ccccc3c2n1. The molecule has 1 aromatic carbocycles. The van der Waals surface area contributed by atoms with E-state index in [4.69, 9.17) is 10.2 Å². The summed E-state index contributed by atoms with van der Waals surface area (Å²) in [5.74, 6) is 1.14. The lowest BCUT2D eigenvalue weighted by molar-refractivity contribution is 0.572. The van der Waals surface area contributed by atoms with Gasteiger partial charge >= 0.3 is 0 Å². The highest BCUT2D eigenvalue weighted by atomic mass is 16.3. The molecular formula is C15H15N5O. The standard InChI is InChI=1S/C15H15N5O/c16-15-18-12-10-3-1-2-4-11(10)21-13(12)14(19-15)20-7-8-5-9(20)6-17-8/h1-4,8-9,17H,5-7H2,(H2,16,18,19)/t8-,9+/m0/s1. The van der Waals surface area contributed by atoms with Crippen molar-refractivity contribution in [3.05, 3.63) is 24.3 Å². The Balaban J connectivity index is 1.79. The van der Waals surface area contributed by atoms with Crippen LogP contribution in [-0.2, 0) is 0 Å². The summed E-state index contributed by atoms with van der Waals surface area (Å²) < 4.78 is 6.02. The number of nitrogens with one attached hydrogen (secondary N) is 1. The van der Waals surface area contributed by atoms with Gasteiger partial charge in [-0.05, 0) is 18.6 Å². The minimum Gasteiger partial charge on any atom is -0.450 e. The van der Waals surface area contributed by atoms with Gasteiger partial charge in [-0.25, -0.2) is 4.98 Å². The van der Waals surface area contributed by atoms with Crippen LogP contribution in [0, 0.1) is 0 Å². The fourth-order valence-electron chi connectivity index (χ4n) is 3.61. The highest BCUT2D eigenvalue weighted by Crippen LogP contribution is 2.37. The Bertz CT molecular complexity index is 858. The van der Waals surface area contributed by atoms with Gasteiger partial charge in [0.15, 0.2) is 11.4 Å². The number of nitrogens with two attached hydrogens (primary N) is 1. The average Bonchev–Trinajstić information content (AvgIpc) is 3.19. The maximum Gasteiger partial charge on any atom is 0.222 e. The van der Waals surface area contributed by atoms with Crippen LogP contribution in [0.1, 0.15) is 6.42 Å². The molecule has 2 aromatic heterocycles. The van der Waals surface area contributed by atoms with Crippen LogP contribution in [0.15, 0.2) is 28.7 Å². The minimum absolute atomic E-state index is 0.305. The summed E-state index contributed by atoms with van der Waals surface area (Å²) in [5, 5.41) is 4.49. The van der Waals surface area contributed by atoms with Crippen molar-refractivity contribution in [3.63, 3.8) is 0 Å². The highest BCUT2D eigenvalue weighted by molar-refractivity contribution is 6.06. The Morgan fingerprint density at radius 2 is 2.19 bits per heavy atom. The number of aromatic nitrogens is 2. The van der Waals surface area contributed by atoms with Crippen molar-refractivity contribution in [3.8, 4) is 0 Å². The van der Waals surface area contributed by atoms with Crippen molar-refractivity contribution in [1.82, 2.24) is 15.3 Å². The largest absolute Gasteiger partial charge is 0.450 e. The van der Waals surface area contributed by atoms with Crippen LogP contribution in [0.25, 0.3) is 22.1 Å². The molecule has 0 radical (unpaired) electrons. The van der Waals surface area contributed by atoms with E-state index >= 15 is 0 Å². The first-order valence-corrected chi connectivity index (χ1v) is 7.24. The summed E-state index contributed by atoms with van der Waals surface area (Å²) >= 11 is 0. The van der Waals surface area contributed by atoms with E-state index in [1.807, 2.05) is 24.3 Å². The second kappa shape index (κ2) is 3.85. The molecule has 6 nitrogen and oxygen atoms in total. The van der Waals surface area contributed by atoms with Crippen molar-refractivity contribution in [2.75, 3.05) is 23.7 Å². The maximum absolute atomic E-state index is 6.02. The second-order valence-electron chi connectivity index (χ2n) is 5.83. The number of rotatable bonds is 1. The van der Waals surface area contributed by atoms with Gasteiger partial charge in [-0.15, -0.1) is 0 Å². The van der Waals surface area contributed by atoms with E-state index in [-0.39, 0.29) is 0 Å². The molecule has 21 heavy (non-hydrogen) atoms. The zero-order valence-electron chi connectivity index (χ0n) is 11.4. The summed E-state index contributed by atoms with van der Waals surface area (Å²) in [5.41, 5.74) is 8.32. The van der Waals surface area contributed by atoms with E-state index < -0.39 is 0 Å². The van der Waals surface area contributed by atoms with Crippen LogP contribution in [0.4, 0.5) is 11.8 Å². The highest BCUT2D eigenvalue weighted by Gasteiger charge is 2.39. The summed E-state index contributed by atoms with van der Waals surface area (Å²) in [6.45, 7) is 1.95. The number of nitrogen functional groups attached to an aromatic ring is 1. The zero-order valence-corrected chi connectivity index (χ0v) is 11.4. The number of hydrogen-bond acceptors (Lipinski definition) is 6. The molecule has 2 aliphatic heterocycles. The number of benzene rings is 1. The molecule has 2 aliphatic rings. The van der Waals surface area contributed by atoms with Crippen molar-refractivity contribution < 1.29 is 4.42 Å². The quantitative estimate of drug-likeness (QED) is 0.704. The zero-order chi connectivity index (χ0) is 14.0. The van der Waals surface area contributed by atoms with Crippen molar-refractivity contribution in [2.24, 2.45) is 0 Å². The lowest BCUT2D eigenvalue weighted by atomic mass is 10.2. The van der Waals surface area contributed by atoms with E-state index in [0.717, 1.165) is 47.4 Å². The van der Waals surface area contributed by atoms with E-state index in [2.05, 4.69) is 20.2 Å². The van der Waals surface area contributed by atoms with Gasteiger partial charge in [-0.2, -0.15) is 4.98 Å². The first-order valence-electron chi connectivity index (χ1n) is 7.24. The van der Waals surface area contributed by atoms with Gasteiger partial charge in [-0.3, -0.25) is 0 Å². The van der Waals surface area contributed by atoms with Gasteiger partial charge in [0.25, 0.3) is 0 Å². The fourth-order valence-corrected chi connectivity index (χ4v) is 3.61. The predicted octanol–water partition coefficient (Wildman–Crippen LogP) is 1.51. The van der Waals surface area contributed by atoms with Crippen LogP contribution < -0.4 is 16.0 Å². The number of hydrogen-bond donors (Lipinski definition) is 2. The Morgan fingerprint density at radius 1 is 1.29 bits per heavy atom. The molecule has 0 saturated carbocycles. The van der Waals surface area contributed by atoms with Crippen LogP contribution in [-0.4, -0.2) is 35.1 Å². The topological polar surface area (TPSA) is 80.2 Å². The van der Waals surface area contributed by atoms with Crippen LogP contribution in [0.3, 0.4) is 0 Å². The maximum atomic E-state index is 6.02. The molecule has 4 heterocycles. The molecule has 2 saturated heterocycles. The number of furan rings is 1. The molecule has 106 valence electrons. The Morgan fingerprint density at radius 3 is 3.00 bits per heavy atom. The van der Waals surface area contributed by atoms with E-state index in [0.29, 0.717) is 18.0 Å². The third kappa shape index (κ3) is 1.50. The van der Waals surface area contributed by atoms with Gasteiger partial charge in [0.05, 0.1) is 0 Å².